The number of nitrogens with two attached hydrogens (primary N) is 1. The molecule has 0 fully saturated rings. The minimum atomic E-state index is -1.000. The lowest BCUT2D eigenvalue weighted by Gasteiger charge is -2.26. The average Bonchev–Trinajstić information content (AvgIpc) is 2.62. The average molecular weight is 374 g/mol. The van der Waals surface area contributed by atoms with Gasteiger partial charge in [-0.05, 0) is 17.4 Å². The zero-order chi connectivity index (χ0) is 20.4. The molecule has 27 heavy (non-hydrogen) atoms. The van der Waals surface area contributed by atoms with E-state index in [9.17, 15) is 14.4 Å². The van der Waals surface area contributed by atoms with Crippen LogP contribution in [0.4, 0.5) is 4.79 Å². The van der Waals surface area contributed by atoms with Crippen molar-refractivity contribution in [3.63, 3.8) is 0 Å². The second kappa shape index (κ2) is 10.8. The summed E-state index contributed by atoms with van der Waals surface area (Å²) >= 11 is 0. The molecule has 0 saturated carbocycles. The fourth-order valence-electron chi connectivity index (χ4n) is 2.43. The van der Waals surface area contributed by atoms with Crippen molar-refractivity contribution in [1.29, 1.82) is 5.26 Å². The topological polar surface area (TPSA) is 134 Å². The Kier molecular flexibility index (Phi) is 8.79. The van der Waals surface area contributed by atoms with E-state index in [-0.39, 0.29) is 18.9 Å². The predicted octanol–water partition coefficient (Wildman–Crippen LogP) is 1.46. The molecular formula is C19H26N4O4. The van der Waals surface area contributed by atoms with Crippen molar-refractivity contribution in [2.75, 3.05) is 0 Å². The van der Waals surface area contributed by atoms with E-state index in [2.05, 4.69) is 10.6 Å². The Bertz CT molecular complexity index is 685. The number of rotatable bonds is 9. The van der Waals surface area contributed by atoms with Crippen molar-refractivity contribution in [2.24, 2.45) is 17.6 Å². The summed E-state index contributed by atoms with van der Waals surface area (Å²) < 4.78 is 5.13. The van der Waals surface area contributed by atoms with Crippen molar-refractivity contribution in [2.45, 2.75) is 45.9 Å². The Labute approximate surface area is 159 Å². The highest BCUT2D eigenvalue weighted by Crippen LogP contribution is 2.10. The number of primary amides is 1. The summed E-state index contributed by atoms with van der Waals surface area (Å²) in [6.45, 7) is 5.21. The molecular weight excluding hydrogens is 348 g/mol. The predicted molar refractivity (Wildman–Crippen MR) is 98.9 cm³/mol. The van der Waals surface area contributed by atoms with E-state index >= 15 is 0 Å². The normalized spacial score (nSPS) is 13.7. The molecule has 146 valence electrons. The van der Waals surface area contributed by atoms with Gasteiger partial charge in [-0.3, -0.25) is 9.59 Å². The van der Waals surface area contributed by atoms with Gasteiger partial charge in [0.2, 0.25) is 11.8 Å². The number of nitriles is 1. The van der Waals surface area contributed by atoms with Gasteiger partial charge in [-0.2, -0.15) is 5.26 Å². The van der Waals surface area contributed by atoms with E-state index in [0.29, 0.717) is 0 Å². The third-order valence-electron chi connectivity index (χ3n) is 4.02. The van der Waals surface area contributed by atoms with Gasteiger partial charge in [-0.15, -0.1) is 0 Å². The number of hydrogen-bond acceptors (Lipinski definition) is 5. The second-order valence-corrected chi connectivity index (χ2v) is 6.66. The molecule has 1 aromatic carbocycles. The maximum atomic E-state index is 12.5. The molecule has 8 nitrogen and oxygen atoms in total. The molecule has 0 radical (unpaired) electrons. The summed E-state index contributed by atoms with van der Waals surface area (Å²) in [6.07, 6.45) is -0.680. The molecule has 3 atom stereocenters. The molecule has 8 heteroatoms. The molecule has 0 aliphatic carbocycles. The van der Waals surface area contributed by atoms with Crippen molar-refractivity contribution in [3.8, 4) is 6.07 Å². The number of hydrogen-bond donors (Lipinski definition) is 3. The Balaban J connectivity index is 2.70. The van der Waals surface area contributed by atoms with Gasteiger partial charge in [0.05, 0.1) is 6.07 Å². The molecule has 0 aliphatic heterocycles. The Morgan fingerprint density at radius 2 is 1.74 bits per heavy atom. The summed E-state index contributed by atoms with van der Waals surface area (Å²) in [7, 11) is 0. The maximum Gasteiger partial charge on any atom is 0.408 e. The number of ether oxygens (including phenoxy) is 1. The van der Waals surface area contributed by atoms with E-state index < -0.39 is 35.9 Å². The number of carbonyl (C=O) groups is 3. The third-order valence-corrected chi connectivity index (χ3v) is 4.02. The monoisotopic (exact) mass is 374 g/mol. The number of nitrogens with zero attached hydrogens (tertiary/aromatic N) is 1. The van der Waals surface area contributed by atoms with Gasteiger partial charge in [-0.1, -0.05) is 51.1 Å². The number of carbonyl (C=O) groups excluding carboxylic acids is 3. The van der Waals surface area contributed by atoms with Gasteiger partial charge in [-0.25, -0.2) is 4.79 Å². The lowest BCUT2D eigenvalue weighted by atomic mass is 9.96. The van der Waals surface area contributed by atoms with Crippen LogP contribution in [0, 0.1) is 23.2 Å². The van der Waals surface area contributed by atoms with E-state index in [1.165, 1.54) is 0 Å². The highest BCUT2D eigenvalue weighted by atomic mass is 16.5. The summed E-state index contributed by atoms with van der Waals surface area (Å²) in [5.41, 5.74) is 6.15. The van der Waals surface area contributed by atoms with Gasteiger partial charge in [0.15, 0.2) is 0 Å². The van der Waals surface area contributed by atoms with E-state index in [1.54, 1.807) is 20.8 Å². The summed E-state index contributed by atoms with van der Waals surface area (Å²) in [6, 6.07) is 9.16. The summed E-state index contributed by atoms with van der Waals surface area (Å²) in [5, 5.41) is 13.8. The minimum Gasteiger partial charge on any atom is -0.445 e. The number of nitrogens with one attached hydrogen (secondary N) is 2. The van der Waals surface area contributed by atoms with Crippen LogP contribution in [0.5, 0.6) is 0 Å². The first kappa shape index (κ1) is 22.0. The number of alkyl carbamates (subject to hydrolysis) is 1. The summed E-state index contributed by atoms with van der Waals surface area (Å²) in [4.78, 5) is 36.2. The van der Waals surface area contributed by atoms with Crippen molar-refractivity contribution < 1.29 is 19.1 Å². The molecule has 1 rings (SSSR count). The molecule has 4 N–H and O–H groups in total. The highest BCUT2D eigenvalue weighted by Gasteiger charge is 2.30. The van der Waals surface area contributed by atoms with Crippen molar-refractivity contribution in [3.05, 3.63) is 35.9 Å². The van der Waals surface area contributed by atoms with Gasteiger partial charge in [0.1, 0.15) is 18.7 Å². The first-order chi connectivity index (χ1) is 12.8. The van der Waals surface area contributed by atoms with Crippen LogP contribution in [0.1, 0.15) is 32.8 Å². The Morgan fingerprint density at radius 1 is 1.11 bits per heavy atom. The largest absolute Gasteiger partial charge is 0.445 e. The first-order valence-corrected chi connectivity index (χ1v) is 8.70. The molecule has 0 saturated heterocycles. The fourth-order valence-corrected chi connectivity index (χ4v) is 2.43. The molecule has 0 spiro atoms. The standard InChI is InChI=1S/C19H26N4O4/c1-12(2)15(18(25)22-16(17(21)24)13(3)9-10-20)23-19(26)27-11-14-7-5-4-6-8-14/h4-8,12-13,15-16H,9,11H2,1-3H3,(H2,21,24)(H,22,25)(H,23,26)/t13-,15+,16+/m0/s1. The second-order valence-electron chi connectivity index (χ2n) is 6.66. The van der Waals surface area contributed by atoms with Crippen LogP contribution >= 0.6 is 0 Å². The van der Waals surface area contributed by atoms with Crippen molar-refractivity contribution in [1.82, 2.24) is 10.6 Å². The van der Waals surface area contributed by atoms with E-state index in [1.807, 2.05) is 36.4 Å². The van der Waals surface area contributed by atoms with Gasteiger partial charge < -0.3 is 21.1 Å². The fraction of sp³-hybridized carbons (Fsp3) is 0.474. The van der Waals surface area contributed by atoms with Crippen molar-refractivity contribution >= 4 is 17.9 Å². The van der Waals surface area contributed by atoms with Crippen LogP contribution in [-0.2, 0) is 20.9 Å². The van der Waals surface area contributed by atoms with Crippen LogP contribution in [-0.4, -0.2) is 30.0 Å². The lowest BCUT2D eigenvalue weighted by Crippen LogP contribution is -2.56. The molecule has 3 amide bonds. The zero-order valence-electron chi connectivity index (χ0n) is 15.8. The minimum absolute atomic E-state index is 0.0623. The van der Waals surface area contributed by atoms with E-state index in [4.69, 9.17) is 15.7 Å². The van der Waals surface area contributed by atoms with E-state index in [0.717, 1.165) is 5.56 Å². The molecule has 1 aromatic rings. The Hall–Kier alpha value is -3.08. The molecule has 0 aromatic heterocycles. The SMILES string of the molecule is CC(C)[C@@H](NC(=O)OCc1ccccc1)C(=O)N[C@@H](C(N)=O)[C@@H](C)CC#N. The van der Waals surface area contributed by atoms with Crippen LogP contribution in [0.3, 0.4) is 0 Å². The maximum absolute atomic E-state index is 12.5. The zero-order valence-corrected chi connectivity index (χ0v) is 15.8. The van der Waals surface area contributed by atoms with Crippen LogP contribution < -0.4 is 16.4 Å². The first-order valence-electron chi connectivity index (χ1n) is 8.70. The highest BCUT2D eigenvalue weighted by molar-refractivity contribution is 5.91. The van der Waals surface area contributed by atoms with Crippen LogP contribution in [0.25, 0.3) is 0 Å². The molecule has 0 aliphatic rings. The van der Waals surface area contributed by atoms with Gasteiger partial charge >= 0.3 is 6.09 Å². The number of benzene rings is 1. The molecule has 0 heterocycles. The lowest BCUT2D eigenvalue weighted by molar-refractivity contribution is -0.130. The van der Waals surface area contributed by atoms with Crippen LogP contribution in [0.15, 0.2) is 30.3 Å². The Morgan fingerprint density at radius 3 is 2.26 bits per heavy atom. The smallest absolute Gasteiger partial charge is 0.408 e. The van der Waals surface area contributed by atoms with Crippen LogP contribution in [0.2, 0.25) is 0 Å². The summed E-state index contributed by atoms with van der Waals surface area (Å²) in [5.74, 6) is -2.00. The molecule has 0 unspecified atom stereocenters. The third kappa shape index (κ3) is 7.36. The van der Waals surface area contributed by atoms with Gasteiger partial charge in [0.25, 0.3) is 0 Å². The number of amides is 3. The quantitative estimate of drug-likeness (QED) is 0.601. The van der Waals surface area contributed by atoms with Gasteiger partial charge in [0, 0.05) is 6.42 Å². The molecule has 0 bridgehead atoms.